The Labute approximate surface area is 87.1 Å². The molecule has 0 saturated heterocycles. The molecular formula is C12H11Br. The van der Waals surface area contributed by atoms with E-state index in [0.29, 0.717) is 4.83 Å². The number of allylic oxidation sites excluding steroid dienone is 4. The van der Waals surface area contributed by atoms with Crippen molar-refractivity contribution in [3.05, 3.63) is 54.1 Å². The average molecular weight is 235 g/mol. The van der Waals surface area contributed by atoms with Crippen molar-refractivity contribution in [1.82, 2.24) is 0 Å². The Morgan fingerprint density at radius 1 is 1.15 bits per heavy atom. The Kier molecular flexibility index (Phi) is 2.65. The summed E-state index contributed by atoms with van der Waals surface area (Å²) in [5.74, 6) is 0. The normalized spacial score (nSPS) is 21.3. The van der Waals surface area contributed by atoms with Crippen molar-refractivity contribution in [3.63, 3.8) is 0 Å². The van der Waals surface area contributed by atoms with E-state index in [1.807, 2.05) is 6.07 Å². The van der Waals surface area contributed by atoms with Crippen LogP contribution < -0.4 is 0 Å². The van der Waals surface area contributed by atoms with Crippen LogP contribution in [0.4, 0.5) is 0 Å². The Balaban J connectivity index is 2.28. The van der Waals surface area contributed by atoms with Crippen LogP contribution in [0, 0.1) is 0 Å². The molecule has 1 aliphatic rings. The molecule has 0 saturated carbocycles. The maximum atomic E-state index is 3.60. The first-order valence-electron chi connectivity index (χ1n) is 4.43. The second-order valence-electron chi connectivity index (χ2n) is 3.16. The van der Waals surface area contributed by atoms with E-state index in [2.05, 4.69) is 58.4 Å². The zero-order valence-electron chi connectivity index (χ0n) is 7.28. The summed E-state index contributed by atoms with van der Waals surface area (Å²) in [5.41, 5.74) is 2.74. The molecule has 1 aromatic rings. The van der Waals surface area contributed by atoms with Crippen molar-refractivity contribution in [2.24, 2.45) is 0 Å². The molecule has 0 heterocycles. The predicted octanol–water partition coefficient (Wildman–Crippen LogP) is 3.79. The number of hydrogen-bond acceptors (Lipinski definition) is 0. The Morgan fingerprint density at radius 2 is 1.92 bits per heavy atom. The summed E-state index contributed by atoms with van der Waals surface area (Å²) in [4.78, 5) is 0.493. The van der Waals surface area contributed by atoms with Gasteiger partial charge in [0.2, 0.25) is 0 Å². The van der Waals surface area contributed by atoms with Crippen LogP contribution in [0.15, 0.2) is 48.6 Å². The minimum Gasteiger partial charge on any atom is -0.0842 e. The van der Waals surface area contributed by atoms with Gasteiger partial charge in [0.05, 0.1) is 0 Å². The van der Waals surface area contributed by atoms with Crippen molar-refractivity contribution in [2.45, 2.75) is 11.2 Å². The van der Waals surface area contributed by atoms with E-state index in [9.17, 15) is 0 Å². The van der Waals surface area contributed by atoms with Crippen molar-refractivity contribution < 1.29 is 0 Å². The van der Waals surface area contributed by atoms with Crippen LogP contribution in [0.5, 0.6) is 0 Å². The summed E-state index contributed by atoms with van der Waals surface area (Å²) in [5, 5.41) is 0. The van der Waals surface area contributed by atoms with Crippen LogP contribution in [0.2, 0.25) is 0 Å². The third kappa shape index (κ3) is 2.10. The molecule has 1 heteroatoms. The van der Waals surface area contributed by atoms with Crippen LogP contribution in [0.3, 0.4) is 0 Å². The van der Waals surface area contributed by atoms with E-state index >= 15 is 0 Å². The minimum absolute atomic E-state index is 0.493. The van der Waals surface area contributed by atoms with Crippen LogP contribution in [-0.2, 0) is 0 Å². The number of alkyl halides is 1. The number of benzene rings is 1. The molecule has 0 radical (unpaired) electrons. The molecule has 0 nitrogen and oxygen atoms in total. The SMILES string of the molecule is BrC1C=CC=C(c2ccccc2)C1. The molecule has 0 spiro atoms. The monoisotopic (exact) mass is 234 g/mol. The summed E-state index contributed by atoms with van der Waals surface area (Å²) in [6, 6.07) is 10.5. The van der Waals surface area contributed by atoms with Gasteiger partial charge in [-0.25, -0.2) is 0 Å². The molecule has 0 amide bonds. The fourth-order valence-electron chi connectivity index (χ4n) is 1.50. The van der Waals surface area contributed by atoms with E-state index in [4.69, 9.17) is 0 Å². The first-order valence-corrected chi connectivity index (χ1v) is 5.35. The third-order valence-corrected chi connectivity index (χ3v) is 2.81. The number of rotatable bonds is 1. The zero-order valence-corrected chi connectivity index (χ0v) is 8.87. The molecule has 0 aromatic heterocycles. The lowest BCUT2D eigenvalue weighted by Gasteiger charge is -2.13. The highest BCUT2D eigenvalue weighted by Gasteiger charge is 2.08. The molecule has 1 unspecified atom stereocenters. The largest absolute Gasteiger partial charge is 0.0842 e. The van der Waals surface area contributed by atoms with Crippen molar-refractivity contribution >= 4 is 21.5 Å². The van der Waals surface area contributed by atoms with E-state index in [-0.39, 0.29) is 0 Å². The van der Waals surface area contributed by atoms with Crippen LogP contribution >= 0.6 is 15.9 Å². The maximum absolute atomic E-state index is 3.60. The topological polar surface area (TPSA) is 0 Å². The molecule has 1 atom stereocenters. The molecule has 0 bridgehead atoms. The Hall–Kier alpha value is -0.820. The third-order valence-electron chi connectivity index (χ3n) is 2.18. The fraction of sp³-hybridized carbons (Fsp3) is 0.167. The fourth-order valence-corrected chi connectivity index (χ4v) is 2.03. The van der Waals surface area contributed by atoms with E-state index in [1.165, 1.54) is 11.1 Å². The van der Waals surface area contributed by atoms with Gasteiger partial charge < -0.3 is 0 Å². The average Bonchev–Trinajstić information content (AvgIpc) is 2.19. The van der Waals surface area contributed by atoms with Gasteiger partial charge >= 0.3 is 0 Å². The maximum Gasteiger partial charge on any atom is 0.0369 e. The zero-order chi connectivity index (χ0) is 9.10. The van der Waals surface area contributed by atoms with Gasteiger partial charge in [0, 0.05) is 4.83 Å². The molecule has 0 N–H and O–H groups in total. The molecular weight excluding hydrogens is 224 g/mol. The smallest absolute Gasteiger partial charge is 0.0369 e. The second-order valence-corrected chi connectivity index (χ2v) is 4.34. The molecule has 1 aliphatic carbocycles. The van der Waals surface area contributed by atoms with Gasteiger partial charge in [0.25, 0.3) is 0 Å². The first kappa shape index (κ1) is 8.76. The van der Waals surface area contributed by atoms with Crippen molar-refractivity contribution in [3.8, 4) is 0 Å². The molecule has 0 aliphatic heterocycles. The van der Waals surface area contributed by atoms with Gasteiger partial charge in [0.1, 0.15) is 0 Å². The van der Waals surface area contributed by atoms with Gasteiger partial charge in [-0.1, -0.05) is 64.5 Å². The van der Waals surface area contributed by atoms with E-state index in [1.54, 1.807) is 0 Å². The summed E-state index contributed by atoms with van der Waals surface area (Å²) in [6.07, 6.45) is 7.56. The molecule has 0 fully saturated rings. The molecule has 1 aromatic carbocycles. The quantitative estimate of drug-likeness (QED) is 0.649. The van der Waals surface area contributed by atoms with Gasteiger partial charge in [-0.2, -0.15) is 0 Å². The van der Waals surface area contributed by atoms with Crippen LogP contribution in [0.25, 0.3) is 5.57 Å². The summed E-state index contributed by atoms with van der Waals surface area (Å²) in [7, 11) is 0. The predicted molar refractivity (Wildman–Crippen MR) is 60.9 cm³/mol. The van der Waals surface area contributed by atoms with Gasteiger partial charge in [-0.3, -0.25) is 0 Å². The summed E-state index contributed by atoms with van der Waals surface area (Å²) >= 11 is 3.60. The lowest BCUT2D eigenvalue weighted by atomic mass is 9.98. The second kappa shape index (κ2) is 3.93. The lowest BCUT2D eigenvalue weighted by Crippen LogP contribution is -1.98. The Morgan fingerprint density at radius 3 is 2.62 bits per heavy atom. The van der Waals surface area contributed by atoms with E-state index in [0.717, 1.165) is 6.42 Å². The number of halogens is 1. The van der Waals surface area contributed by atoms with E-state index < -0.39 is 0 Å². The van der Waals surface area contributed by atoms with Crippen LogP contribution in [-0.4, -0.2) is 4.83 Å². The first-order chi connectivity index (χ1) is 6.36. The van der Waals surface area contributed by atoms with Crippen LogP contribution in [0.1, 0.15) is 12.0 Å². The van der Waals surface area contributed by atoms with Gasteiger partial charge in [-0.15, -0.1) is 0 Å². The standard InChI is InChI=1S/C12H11Br/c13-12-8-4-7-11(9-12)10-5-2-1-3-6-10/h1-8,12H,9H2. The number of hydrogen-bond donors (Lipinski definition) is 0. The summed E-state index contributed by atoms with van der Waals surface area (Å²) < 4.78 is 0. The highest BCUT2D eigenvalue weighted by atomic mass is 79.9. The molecule has 2 rings (SSSR count). The van der Waals surface area contributed by atoms with Gasteiger partial charge in [0.15, 0.2) is 0 Å². The Bertz CT molecular complexity index is 335. The molecule has 13 heavy (non-hydrogen) atoms. The highest BCUT2D eigenvalue weighted by molar-refractivity contribution is 9.09. The molecule has 66 valence electrons. The van der Waals surface area contributed by atoms with Crippen molar-refractivity contribution in [2.75, 3.05) is 0 Å². The highest BCUT2D eigenvalue weighted by Crippen LogP contribution is 2.26. The lowest BCUT2D eigenvalue weighted by molar-refractivity contribution is 1.09. The minimum atomic E-state index is 0.493. The van der Waals surface area contributed by atoms with Gasteiger partial charge in [-0.05, 0) is 17.6 Å². The van der Waals surface area contributed by atoms with Crippen molar-refractivity contribution in [1.29, 1.82) is 0 Å². The summed E-state index contributed by atoms with van der Waals surface area (Å²) in [6.45, 7) is 0.